The van der Waals surface area contributed by atoms with Crippen LogP contribution in [0.4, 0.5) is 5.69 Å². The quantitative estimate of drug-likeness (QED) is 0.589. The molecule has 2 aromatic rings. The third-order valence-electron chi connectivity index (χ3n) is 4.87. The molecule has 3 rings (SSSR count). The Bertz CT molecular complexity index is 966. The molecule has 164 valence electrons. The first kappa shape index (κ1) is 23.2. The highest BCUT2D eigenvalue weighted by atomic mass is 32.2. The molecule has 3 amide bonds. The summed E-state index contributed by atoms with van der Waals surface area (Å²) in [4.78, 5) is 41.1. The van der Waals surface area contributed by atoms with Gasteiger partial charge in [-0.3, -0.25) is 14.4 Å². The fourth-order valence-corrected chi connectivity index (χ4v) is 4.66. The Kier molecular flexibility index (Phi) is 8.00. The lowest BCUT2D eigenvalue weighted by Gasteiger charge is -2.26. The average Bonchev–Trinajstić information content (AvgIpc) is 2.90. The van der Waals surface area contributed by atoms with Gasteiger partial charge in [0.05, 0.1) is 18.8 Å². The first-order valence-corrected chi connectivity index (χ1v) is 11.9. The van der Waals surface area contributed by atoms with Crippen LogP contribution in [0.3, 0.4) is 0 Å². The first-order valence-electron chi connectivity index (χ1n) is 9.72. The van der Waals surface area contributed by atoms with Gasteiger partial charge in [-0.2, -0.15) is 0 Å². The van der Waals surface area contributed by atoms with E-state index in [1.807, 2.05) is 30.5 Å². The van der Waals surface area contributed by atoms with Crippen LogP contribution in [0.5, 0.6) is 0 Å². The van der Waals surface area contributed by atoms with Crippen LogP contribution in [-0.4, -0.2) is 49.5 Å². The number of ether oxygens (including phenoxy) is 1. The van der Waals surface area contributed by atoms with Crippen molar-refractivity contribution in [1.82, 2.24) is 5.32 Å². The van der Waals surface area contributed by atoms with Crippen molar-refractivity contribution in [1.29, 1.82) is 0 Å². The van der Waals surface area contributed by atoms with Crippen LogP contribution < -0.4 is 16.0 Å². The molecule has 0 aromatic heterocycles. The molecule has 1 atom stereocenters. The molecule has 2 aromatic carbocycles. The second-order valence-electron chi connectivity index (χ2n) is 6.99. The van der Waals surface area contributed by atoms with E-state index in [-0.39, 0.29) is 24.8 Å². The van der Waals surface area contributed by atoms with Gasteiger partial charge in [0.15, 0.2) is 0 Å². The molecule has 3 N–H and O–H groups in total. The molecule has 1 heterocycles. The number of primary amides is 1. The molecule has 9 heteroatoms. The van der Waals surface area contributed by atoms with Crippen molar-refractivity contribution >= 4 is 46.9 Å². The maximum Gasteiger partial charge on any atom is 0.250 e. The number of thioether (sulfide) groups is 2. The summed E-state index contributed by atoms with van der Waals surface area (Å²) in [5, 5.41) is 2.82. The SMILES string of the molecule is COCCC(=O)N[C@H]1CSc2ccc(C(N)=O)cc2N(Cc2ccc(SC)cc2)C1=O. The Morgan fingerprint density at radius 1 is 1.26 bits per heavy atom. The van der Waals surface area contributed by atoms with Crippen LogP contribution in [0.2, 0.25) is 0 Å². The Morgan fingerprint density at radius 2 is 2.00 bits per heavy atom. The van der Waals surface area contributed by atoms with E-state index in [1.54, 1.807) is 34.9 Å². The van der Waals surface area contributed by atoms with Crippen LogP contribution in [-0.2, 0) is 20.9 Å². The molecule has 1 aliphatic rings. The van der Waals surface area contributed by atoms with Crippen LogP contribution in [0, 0.1) is 0 Å². The van der Waals surface area contributed by atoms with E-state index < -0.39 is 11.9 Å². The second kappa shape index (κ2) is 10.7. The molecular formula is C22H25N3O4S2. The van der Waals surface area contributed by atoms with Crippen LogP contribution in [0.15, 0.2) is 52.3 Å². The summed E-state index contributed by atoms with van der Waals surface area (Å²) in [6.07, 6.45) is 2.18. The number of benzene rings is 2. The smallest absolute Gasteiger partial charge is 0.250 e. The number of hydrogen-bond donors (Lipinski definition) is 2. The lowest BCUT2D eigenvalue weighted by atomic mass is 10.1. The number of carbonyl (C=O) groups excluding carboxylic acids is 3. The molecule has 0 saturated heterocycles. The third kappa shape index (κ3) is 5.81. The number of hydrogen-bond acceptors (Lipinski definition) is 6. The highest BCUT2D eigenvalue weighted by molar-refractivity contribution is 7.99. The van der Waals surface area contributed by atoms with Crippen molar-refractivity contribution in [2.75, 3.05) is 30.6 Å². The Hall–Kier alpha value is -2.49. The zero-order valence-electron chi connectivity index (χ0n) is 17.4. The number of nitrogens with zero attached hydrogens (tertiary/aromatic N) is 1. The van der Waals surface area contributed by atoms with Crippen LogP contribution in [0.25, 0.3) is 0 Å². The molecule has 7 nitrogen and oxygen atoms in total. The maximum atomic E-state index is 13.5. The van der Waals surface area contributed by atoms with E-state index in [0.717, 1.165) is 15.4 Å². The molecule has 31 heavy (non-hydrogen) atoms. The molecule has 0 unspecified atom stereocenters. The molecule has 0 bridgehead atoms. The van der Waals surface area contributed by atoms with Crippen molar-refractivity contribution in [2.24, 2.45) is 5.73 Å². The molecule has 1 aliphatic heterocycles. The number of amides is 3. The topological polar surface area (TPSA) is 102 Å². The number of nitrogens with one attached hydrogen (secondary N) is 1. The zero-order chi connectivity index (χ0) is 22.4. The highest BCUT2D eigenvalue weighted by Crippen LogP contribution is 2.36. The normalized spacial score (nSPS) is 15.9. The van der Waals surface area contributed by atoms with Gasteiger partial charge in [0, 0.05) is 34.6 Å². The van der Waals surface area contributed by atoms with Crippen LogP contribution in [0.1, 0.15) is 22.3 Å². The van der Waals surface area contributed by atoms with Crippen molar-refractivity contribution in [3.8, 4) is 0 Å². The van der Waals surface area contributed by atoms with Gasteiger partial charge in [-0.25, -0.2) is 0 Å². The largest absolute Gasteiger partial charge is 0.384 e. The number of anilines is 1. The molecular weight excluding hydrogens is 434 g/mol. The summed E-state index contributed by atoms with van der Waals surface area (Å²) in [6.45, 7) is 0.599. The number of fused-ring (bicyclic) bond motifs is 1. The number of nitrogens with two attached hydrogens (primary N) is 1. The van der Waals surface area contributed by atoms with Gasteiger partial charge >= 0.3 is 0 Å². The molecule has 0 spiro atoms. The van der Waals surface area contributed by atoms with Gasteiger partial charge in [-0.1, -0.05) is 12.1 Å². The fraction of sp³-hybridized carbons (Fsp3) is 0.318. The maximum absolute atomic E-state index is 13.5. The zero-order valence-corrected chi connectivity index (χ0v) is 19.1. The minimum atomic E-state index is -0.691. The highest BCUT2D eigenvalue weighted by Gasteiger charge is 2.32. The molecule has 0 saturated carbocycles. The van der Waals surface area contributed by atoms with Crippen molar-refractivity contribution < 1.29 is 19.1 Å². The summed E-state index contributed by atoms with van der Waals surface area (Å²) >= 11 is 3.11. The van der Waals surface area contributed by atoms with Gasteiger partial charge in [-0.15, -0.1) is 23.5 Å². The summed E-state index contributed by atoms with van der Waals surface area (Å²) in [6, 6.07) is 12.4. The first-order chi connectivity index (χ1) is 14.9. The molecule has 0 radical (unpaired) electrons. The minimum Gasteiger partial charge on any atom is -0.384 e. The summed E-state index contributed by atoms with van der Waals surface area (Å²) in [5.41, 5.74) is 7.36. The number of methoxy groups -OCH3 is 1. The summed E-state index contributed by atoms with van der Waals surface area (Å²) < 4.78 is 4.95. The van der Waals surface area contributed by atoms with Gasteiger partial charge < -0.3 is 20.7 Å². The van der Waals surface area contributed by atoms with Gasteiger partial charge in [0.2, 0.25) is 11.8 Å². The van der Waals surface area contributed by atoms with Crippen molar-refractivity contribution in [2.45, 2.75) is 28.8 Å². The summed E-state index contributed by atoms with van der Waals surface area (Å²) in [5.74, 6) is -0.637. The monoisotopic (exact) mass is 459 g/mol. The predicted octanol–water partition coefficient (Wildman–Crippen LogP) is 2.67. The lowest BCUT2D eigenvalue weighted by molar-refractivity contribution is -0.127. The van der Waals surface area contributed by atoms with E-state index in [0.29, 0.717) is 23.5 Å². The molecule has 0 aliphatic carbocycles. The third-order valence-corrected chi connectivity index (χ3v) is 6.77. The van der Waals surface area contributed by atoms with Crippen LogP contribution >= 0.6 is 23.5 Å². The van der Waals surface area contributed by atoms with E-state index in [4.69, 9.17) is 10.5 Å². The molecule has 0 fully saturated rings. The Balaban J connectivity index is 1.94. The van der Waals surface area contributed by atoms with E-state index >= 15 is 0 Å². The van der Waals surface area contributed by atoms with Gasteiger partial charge in [-0.05, 0) is 42.2 Å². The standard InChI is InChI=1S/C22H25N3O4S2/c1-29-10-9-20(26)24-17-13-31-19-8-5-15(21(23)27)11-18(19)25(22(17)28)12-14-3-6-16(30-2)7-4-14/h3-8,11,17H,9-10,12-13H2,1-2H3,(H2,23,27)(H,24,26)/t17-/m0/s1. The second-order valence-corrected chi connectivity index (χ2v) is 8.93. The van der Waals surface area contributed by atoms with Gasteiger partial charge in [0.25, 0.3) is 5.91 Å². The van der Waals surface area contributed by atoms with Gasteiger partial charge in [0.1, 0.15) is 6.04 Å². The predicted molar refractivity (Wildman–Crippen MR) is 124 cm³/mol. The van der Waals surface area contributed by atoms with E-state index in [9.17, 15) is 14.4 Å². The fourth-order valence-electron chi connectivity index (χ4n) is 3.20. The average molecular weight is 460 g/mol. The number of rotatable bonds is 8. The van der Waals surface area contributed by atoms with Crippen molar-refractivity contribution in [3.63, 3.8) is 0 Å². The lowest BCUT2D eigenvalue weighted by Crippen LogP contribution is -2.49. The van der Waals surface area contributed by atoms with E-state index in [2.05, 4.69) is 5.32 Å². The summed E-state index contributed by atoms with van der Waals surface area (Å²) in [7, 11) is 1.52. The number of carbonyl (C=O) groups is 3. The van der Waals surface area contributed by atoms with Crippen molar-refractivity contribution in [3.05, 3.63) is 53.6 Å². The minimum absolute atomic E-state index is 0.180. The van der Waals surface area contributed by atoms with E-state index in [1.165, 1.54) is 18.9 Å². The Labute approximate surface area is 190 Å². The Morgan fingerprint density at radius 3 is 2.65 bits per heavy atom.